The van der Waals surface area contributed by atoms with Crippen molar-refractivity contribution in [1.82, 2.24) is 15.0 Å². The average Bonchev–Trinajstić information content (AvgIpc) is 3.32. The maximum atomic E-state index is 14.8. The fourth-order valence-electron chi connectivity index (χ4n) is 3.59. The number of nitrogens with zero attached hydrogens (tertiary/aromatic N) is 4. The van der Waals surface area contributed by atoms with E-state index >= 15 is 0 Å². The molecule has 33 heavy (non-hydrogen) atoms. The quantitative estimate of drug-likeness (QED) is 0.485. The van der Waals surface area contributed by atoms with E-state index in [1.54, 1.807) is 29.1 Å². The zero-order valence-electron chi connectivity index (χ0n) is 18.7. The van der Waals surface area contributed by atoms with E-state index in [1.807, 2.05) is 0 Å². The predicted molar refractivity (Wildman–Crippen MR) is 126 cm³/mol. The second kappa shape index (κ2) is 8.76. The Balaban J connectivity index is 1.43. The Hall–Kier alpha value is -2.97. The molecule has 2 aromatic rings. The van der Waals surface area contributed by atoms with Gasteiger partial charge in [0.15, 0.2) is 15.5 Å². The number of allylic oxidation sites excluding steroid dienone is 1. The molecule has 0 N–H and O–H groups in total. The van der Waals surface area contributed by atoms with Crippen LogP contribution in [0.4, 0.5) is 14.9 Å². The van der Waals surface area contributed by atoms with Gasteiger partial charge in [-0.25, -0.2) is 22.3 Å². The zero-order chi connectivity index (χ0) is 23.8. The van der Waals surface area contributed by atoms with Crippen LogP contribution in [0.15, 0.2) is 30.5 Å². The summed E-state index contributed by atoms with van der Waals surface area (Å²) in [6.07, 6.45) is 2.52. The number of ether oxygens (including phenoxy) is 1. The molecule has 3 heterocycles. The van der Waals surface area contributed by atoms with Crippen LogP contribution in [0.1, 0.15) is 17.7 Å². The Labute approximate surface area is 193 Å². The molecule has 1 saturated heterocycles. The van der Waals surface area contributed by atoms with E-state index in [2.05, 4.69) is 41.4 Å². The third kappa shape index (κ3) is 5.69. The van der Waals surface area contributed by atoms with Gasteiger partial charge in [0, 0.05) is 5.56 Å². The molecule has 1 amide bonds. The lowest BCUT2D eigenvalue weighted by atomic mass is 10.0. The molecule has 1 atom stereocenters. The summed E-state index contributed by atoms with van der Waals surface area (Å²) in [4.78, 5) is 13.8. The summed E-state index contributed by atoms with van der Waals surface area (Å²) in [5, 5.41) is 8.10. The average molecular weight is 489 g/mol. The van der Waals surface area contributed by atoms with Crippen LogP contribution in [0, 0.1) is 17.3 Å². The van der Waals surface area contributed by atoms with Gasteiger partial charge in [0.2, 0.25) is 0 Å². The van der Waals surface area contributed by atoms with Crippen LogP contribution >= 0.6 is 0 Å². The maximum Gasteiger partial charge on any atom is 0.414 e. The van der Waals surface area contributed by atoms with E-state index in [9.17, 15) is 17.6 Å². The number of anilines is 1. The van der Waals surface area contributed by atoms with Crippen LogP contribution in [0.2, 0.25) is 19.6 Å². The second-order valence-corrected chi connectivity index (χ2v) is 16.2. The fourth-order valence-corrected chi connectivity index (χ4v) is 5.24. The molecule has 11 heteroatoms. The van der Waals surface area contributed by atoms with Crippen molar-refractivity contribution in [3.8, 4) is 11.5 Å². The first kappa shape index (κ1) is 23.2. The van der Waals surface area contributed by atoms with E-state index in [4.69, 9.17) is 4.74 Å². The minimum absolute atomic E-state index is 0.00782. The van der Waals surface area contributed by atoms with Gasteiger partial charge in [0.1, 0.15) is 20.0 Å². The summed E-state index contributed by atoms with van der Waals surface area (Å²) < 4.78 is 45.0. The van der Waals surface area contributed by atoms with Gasteiger partial charge in [0.25, 0.3) is 0 Å². The molecule has 0 radical (unpaired) electrons. The molecule has 4 rings (SSSR count). The molecule has 0 aliphatic carbocycles. The van der Waals surface area contributed by atoms with E-state index < -0.39 is 35.9 Å². The number of hydrogen-bond acceptors (Lipinski definition) is 6. The first-order valence-electron chi connectivity index (χ1n) is 10.6. The van der Waals surface area contributed by atoms with E-state index in [-0.39, 0.29) is 24.5 Å². The van der Waals surface area contributed by atoms with E-state index in [1.165, 1.54) is 11.0 Å². The first-order chi connectivity index (χ1) is 15.5. The summed E-state index contributed by atoms with van der Waals surface area (Å²) in [6, 6.07) is 4.50. The Morgan fingerprint density at radius 1 is 1.30 bits per heavy atom. The lowest BCUT2D eigenvalue weighted by Gasteiger charge is -2.17. The summed E-state index contributed by atoms with van der Waals surface area (Å²) >= 11 is 0. The minimum Gasteiger partial charge on any atom is -0.442 e. The number of benzene rings is 1. The van der Waals surface area contributed by atoms with Crippen molar-refractivity contribution in [2.75, 3.05) is 23.0 Å². The highest BCUT2D eigenvalue weighted by Gasteiger charge is 2.33. The number of amides is 1. The van der Waals surface area contributed by atoms with Crippen molar-refractivity contribution in [3.63, 3.8) is 0 Å². The molecule has 1 aromatic heterocycles. The standard InChI is InChI=1S/C22H25FN4O4SSi/c1-33(2,3)11-8-17-13-26(25-24-17)14-19-15-27(22(28)31-19)18-4-5-20(21(23)12-18)16-6-9-32(29,30)10-7-16/h4-6,12-13,19H,7,9-10,14-15H2,1-3H3/t19-/m0/s1. The highest BCUT2D eigenvalue weighted by Crippen LogP contribution is 2.30. The van der Waals surface area contributed by atoms with Gasteiger partial charge in [-0.3, -0.25) is 4.90 Å². The van der Waals surface area contributed by atoms with Crippen molar-refractivity contribution in [2.24, 2.45) is 0 Å². The number of cyclic esters (lactones) is 1. The fraction of sp³-hybridized carbons (Fsp3) is 0.409. The Kier molecular flexibility index (Phi) is 6.15. The van der Waals surface area contributed by atoms with Gasteiger partial charge >= 0.3 is 6.09 Å². The third-order valence-electron chi connectivity index (χ3n) is 5.25. The molecule has 0 bridgehead atoms. The Bertz CT molecular complexity index is 1290. The minimum atomic E-state index is -3.09. The number of carbonyl (C=O) groups excluding carboxylic acids is 1. The monoisotopic (exact) mass is 488 g/mol. The molecule has 0 saturated carbocycles. The molecule has 8 nitrogen and oxygen atoms in total. The predicted octanol–water partition coefficient (Wildman–Crippen LogP) is 2.87. The maximum absolute atomic E-state index is 14.8. The second-order valence-electron chi connectivity index (χ2n) is 9.20. The molecule has 2 aliphatic rings. The Morgan fingerprint density at radius 3 is 2.76 bits per heavy atom. The molecular formula is C22H25FN4O4SSi. The Morgan fingerprint density at radius 2 is 2.09 bits per heavy atom. The van der Waals surface area contributed by atoms with Gasteiger partial charge in [-0.2, -0.15) is 0 Å². The molecule has 0 unspecified atom stereocenters. The highest BCUT2D eigenvalue weighted by atomic mass is 32.2. The molecule has 2 aliphatic heterocycles. The van der Waals surface area contributed by atoms with Crippen molar-refractivity contribution in [1.29, 1.82) is 0 Å². The summed E-state index contributed by atoms with van der Waals surface area (Å²) in [5.41, 5.74) is 5.20. The highest BCUT2D eigenvalue weighted by molar-refractivity contribution is 7.91. The third-order valence-corrected chi connectivity index (χ3v) is 7.62. The van der Waals surface area contributed by atoms with Crippen LogP contribution in [0.3, 0.4) is 0 Å². The molecule has 0 spiro atoms. The first-order valence-corrected chi connectivity index (χ1v) is 15.9. The van der Waals surface area contributed by atoms with Crippen LogP contribution in [0.5, 0.6) is 0 Å². The van der Waals surface area contributed by atoms with E-state index in [0.717, 1.165) is 0 Å². The SMILES string of the molecule is C[Si](C)(C)C#Cc1cn(C[C@H]2CN(c3ccc(C4=CCS(=O)(=O)CC4)c(F)c3)C(=O)O2)nn1. The van der Waals surface area contributed by atoms with Gasteiger partial charge in [-0.05, 0) is 30.2 Å². The summed E-state index contributed by atoms with van der Waals surface area (Å²) in [5.74, 6) is 2.45. The smallest absolute Gasteiger partial charge is 0.414 e. The molecular weight excluding hydrogens is 463 g/mol. The summed E-state index contributed by atoms with van der Waals surface area (Å²) in [7, 11) is -4.61. The number of carbonyl (C=O) groups is 1. The van der Waals surface area contributed by atoms with Crippen LogP contribution in [-0.2, 0) is 21.1 Å². The number of hydrogen-bond donors (Lipinski definition) is 0. The largest absolute Gasteiger partial charge is 0.442 e. The van der Waals surface area contributed by atoms with Crippen molar-refractivity contribution < 1.29 is 22.3 Å². The topological polar surface area (TPSA) is 94.4 Å². The number of halogens is 1. The summed E-state index contributed by atoms with van der Waals surface area (Å²) in [6.45, 7) is 6.98. The van der Waals surface area contributed by atoms with Crippen LogP contribution < -0.4 is 4.90 Å². The zero-order valence-corrected chi connectivity index (χ0v) is 20.5. The normalized spacial score (nSPS) is 20.1. The van der Waals surface area contributed by atoms with Crippen molar-refractivity contribution in [3.05, 3.63) is 47.5 Å². The van der Waals surface area contributed by atoms with E-state index in [0.29, 0.717) is 29.1 Å². The van der Waals surface area contributed by atoms with Crippen LogP contribution in [-0.4, -0.2) is 61.7 Å². The van der Waals surface area contributed by atoms with Gasteiger partial charge in [-0.15, -0.1) is 10.6 Å². The molecule has 174 valence electrons. The lowest BCUT2D eigenvalue weighted by Crippen LogP contribution is -2.26. The molecule has 1 aromatic carbocycles. The molecule has 1 fully saturated rings. The van der Waals surface area contributed by atoms with Crippen molar-refractivity contribution >= 4 is 35.3 Å². The number of rotatable bonds is 4. The van der Waals surface area contributed by atoms with Crippen LogP contribution in [0.25, 0.3) is 5.57 Å². The van der Waals surface area contributed by atoms with Gasteiger partial charge < -0.3 is 4.74 Å². The van der Waals surface area contributed by atoms with Crippen molar-refractivity contribution in [2.45, 2.75) is 38.7 Å². The van der Waals surface area contributed by atoms with Gasteiger partial charge in [0.05, 0.1) is 36.5 Å². The number of aromatic nitrogens is 3. The van der Waals surface area contributed by atoms with Gasteiger partial charge in [-0.1, -0.05) is 36.9 Å². The number of sulfone groups is 1. The lowest BCUT2D eigenvalue weighted by molar-refractivity contribution is 0.129.